The molecule has 8 heteroatoms. The summed E-state index contributed by atoms with van der Waals surface area (Å²) in [5.74, 6) is 0.743. The average molecular weight is 313 g/mol. The second-order valence-electron chi connectivity index (χ2n) is 4.63. The molecule has 0 radical (unpaired) electrons. The fourth-order valence-electron chi connectivity index (χ4n) is 1.75. The highest BCUT2D eigenvalue weighted by Gasteiger charge is 2.30. The zero-order valence-electron chi connectivity index (χ0n) is 11.7. The van der Waals surface area contributed by atoms with Gasteiger partial charge in [0.1, 0.15) is 5.76 Å². The number of nitrogens with one attached hydrogen (secondary N) is 2. The van der Waals surface area contributed by atoms with Gasteiger partial charge in [0.25, 0.3) is 0 Å². The van der Waals surface area contributed by atoms with Crippen molar-refractivity contribution in [3.8, 4) is 0 Å². The summed E-state index contributed by atoms with van der Waals surface area (Å²) < 4.78 is 42.5. The van der Waals surface area contributed by atoms with Crippen molar-refractivity contribution in [1.82, 2.24) is 5.16 Å². The lowest BCUT2D eigenvalue weighted by Gasteiger charge is -2.10. The predicted octanol–water partition coefficient (Wildman–Crippen LogP) is 3.44. The number of hydrogen-bond donors (Lipinski definition) is 2. The molecule has 0 aliphatic carbocycles. The highest BCUT2D eigenvalue weighted by atomic mass is 19.4. The van der Waals surface area contributed by atoms with Crippen LogP contribution in [0.2, 0.25) is 0 Å². The number of rotatable bonds is 5. The van der Waals surface area contributed by atoms with Crippen LogP contribution in [0, 0.1) is 6.92 Å². The van der Waals surface area contributed by atoms with Gasteiger partial charge in [-0.05, 0) is 25.1 Å². The number of aromatic nitrogens is 1. The van der Waals surface area contributed by atoms with Crippen molar-refractivity contribution in [2.45, 2.75) is 19.5 Å². The molecule has 2 aromatic rings. The molecule has 0 aliphatic rings. The van der Waals surface area contributed by atoms with E-state index in [1.807, 2.05) is 0 Å². The Morgan fingerprint density at radius 3 is 2.73 bits per heavy atom. The molecule has 5 nitrogen and oxygen atoms in total. The van der Waals surface area contributed by atoms with Crippen LogP contribution in [0.4, 0.5) is 24.7 Å². The molecule has 0 aliphatic heterocycles. The lowest BCUT2D eigenvalue weighted by molar-refractivity contribution is -0.137. The minimum atomic E-state index is -4.44. The van der Waals surface area contributed by atoms with Gasteiger partial charge >= 0.3 is 6.18 Å². The second-order valence-corrected chi connectivity index (χ2v) is 4.63. The van der Waals surface area contributed by atoms with Crippen molar-refractivity contribution in [1.29, 1.82) is 0 Å². The molecule has 0 bridgehead atoms. The predicted molar refractivity (Wildman–Crippen MR) is 74.4 cm³/mol. The summed E-state index contributed by atoms with van der Waals surface area (Å²) in [7, 11) is 0. The van der Waals surface area contributed by atoms with Crippen molar-refractivity contribution in [3.05, 3.63) is 41.7 Å². The normalized spacial score (nSPS) is 11.3. The third-order valence-electron chi connectivity index (χ3n) is 2.76. The van der Waals surface area contributed by atoms with E-state index in [9.17, 15) is 18.0 Å². The Morgan fingerprint density at radius 1 is 1.32 bits per heavy atom. The third kappa shape index (κ3) is 4.51. The quantitative estimate of drug-likeness (QED) is 0.887. The van der Waals surface area contributed by atoms with Gasteiger partial charge in [0.05, 0.1) is 5.56 Å². The van der Waals surface area contributed by atoms with Gasteiger partial charge in [0, 0.05) is 24.7 Å². The monoisotopic (exact) mass is 313 g/mol. The first kappa shape index (κ1) is 15.9. The van der Waals surface area contributed by atoms with Crippen molar-refractivity contribution in [2.75, 3.05) is 17.2 Å². The van der Waals surface area contributed by atoms with Crippen LogP contribution in [0.1, 0.15) is 17.7 Å². The van der Waals surface area contributed by atoms with Gasteiger partial charge in [-0.15, -0.1) is 0 Å². The molecule has 0 saturated carbocycles. The molecule has 1 amide bonds. The van der Waals surface area contributed by atoms with E-state index in [4.69, 9.17) is 4.52 Å². The van der Waals surface area contributed by atoms with E-state index in [0.29, 0.717) is 11.6 Å². The van der Waals surface area contributed by atoms with Crippen LogP contribution in [0.3, 0.4) is 0 Å². The molecule has 1 aromatic carbocycles. The minimum absolute atomic E-state index is 0.0855. The van der Waals surface area contributed by atoms with Crippen LogP contribution in [0.25, 0.3) is 0 Å². The van der Waals surface area contributed by atoms with E-state index in [1.54, 1.807) is 13.0 Å². The second kappa shape index (κ2) is 6.50. The number of halogens is 3. The summed E-state index contributed by atoms with van der Waals surface area (Å²) in [5, 5.41) is 8.99. The summed E-state index contributed by atoms with van der Waals surface area (Å²) in [6.07, 6.45) is -4.35. The van der Waals surface area contributed by atoms with Crippen LogP contribution in [0.5, 0.6) is 0 Å². The number of carbonyl (C=O) groups excluding carboxylic acids is 1. The van der Waals surface area contributed by atoms with E-state index in [1.165, 1.54) is 12.1 Å². The standard InChI is InChI=1S/C14H14F3N3O2/c1-9-7-12(20-22-9)18-6-5-13(21)19-11-4-2-3-10(8-11)14(15,16)17/h2-4,7-8H,5-6H2,1H3,(H,18,20)(H,19,21). The van der Waals surface area contributed by atoms with E-state index in [0.717, 1.165) is 12.1 Å². The van der Waals surface area contributed by atoms with E-state index >= 15 is 0 Å². The van der Waals surface area contributed by atoms with Crippen LogP contribution >= 0.6 is 0 Å². The Kier molecular flexibility index (Phi) is 4.69. The van der Waals surface area contributed by atoms with Crippen LogP contribution in [0.15, 0.2) is 34.9 Å². The largest absolute Gasteiger partial charge is 0.416 e. The molecule has 0 saturated heterocycles. The van der Waals surface area contributed by atoms with Crippen LogP contribution in [-0.2, 0) is 11.0 Å². The SMILES string of the molecule is Cc1cc(NCCC(=O)Nc2cccc(C(F)(F)F)c2)no1. The summed E-state index contributed by atoms with van der Waals surface area (Å²) >= 11 is 0. The summed E-state index contributed by atoms with van der Waals surface area (Å²) in [5.41, 5.74) is -0.696. The lowest BCUT2D eigenvalue weighted by Crippen LogP contribution is -2.16. The Labute approximate surface area is 124 Å². The van der Waals surface area contributed by atoms with Gasteiger partial charge < -0.3 is 15.2 Å². The molecule has 2 rings (SSSR count). The summed E-state index contributed by atoms with van der Waals surface area (Å²) in [6, 6.07) is 6.16. The molecule has 118 valence electrons. The highest BCUT2D eigenvalue weighted by Crippen LogP contribution is 2.30. The zero-order valence-corrected chi connectivity index (χ0v) is 11.7. The van der Waals surface area contributed by atoms with Crippen molar-refractivity contribution >= 4 is 17.4 Å². The molecular weight excluding hydrogens is 299 g/mol. The van der Waals surface area contributed by atoms with Gasteiger partial charge in [-0.25, -0.2) is 0 Å². The summed E-state index contributed by atoms with van der Waals surface area (Å²) in [6.45, 7) is 2.02. The van der Waals surface area contributed by atoms with Gasteiger partial charge in [-0.3, -0.25) is 4.79 Å². The number of aryl methyl sites for hydroxylation is 1. The van der Waals surface area contributed by atoms with Crippen molar-refractivity contribution in [2.24, 2.45) is 0 Å². The number of alkyl halides is 3. The number of amides is 1. The Morgan fingerprint density at radius 2 is 2.09 bits per heavy atom. The van der Waals surface area contributed by atoms with Crippen molar-refractivity contribution in [3.63, 3.8) is 0 Å². The molecule has 0 atom stereocenters. The molecule has 1 heterocycles. The first-order valence-electron chi connectivity index (χ1n) is 6.49. The smallest absolute Gasteiger partial charge is 0.367 e. The maximum absolute atomic E-state index is 12.6. The number of anilines is 2. The first-order chi connectivity index (χ1) is 10.3. The lowest BCUT2D eigenvalue weighted by atomic mass is 10.2. The van der Waals surface area contributed by atoms with Gasteiger partial charge in [-0.2, -0.15) is 13.2 Å². The summed E-state index contributed by atoms with van der Waals surface area (Å²) in [4.78, 5) is 11.7. The highest BCUT2D eigenvalue weighted by molar-refractivity contribution is 5.91. The van der Waals surface area contributed by atoms with E-state index in [-0.39, 0.29) is 18.7 Å². The molecule has 2 N–H and O–H groups in total. The van der Waals surface area contributed by atoms with Gasteiger partial charge in [0.15, 0.2) is 5.82 Å². The molecule has 22 heavy (non-hydrogen) atoms. The van der Waals surface area contributed by atoms with Gasteiger partial charge in [-0.1, -0.05) is 11.2 Å². The third-order valence-corrected chi connectivity index (χ3v) is 2.76. The van der Waals surface area contributed by atoms with Crippen LogP contribution in [-0.4, -0.2) is 17.6 Å². The molecule has 1 aromatic heterocycles. The molecule has 0 unspecified atom stereocenters. The zero-order chi connectivity index (χ0) is 16.2. The Bertz CT molecular complexity index is 653. The van der Waals surface area contributed by atoms with E-state index < -0.39 is 17.6 Å². The molecular formula is C14H14F3N3O2. The van der Waals surface area contributed by atoms with Crippen molar-refractivity contribution < 1.29 is 22.5 Å². The maximum Gasteiger partial charge on any atom is 0.416 e. The topological polar surface area (TPSA) is 67.2 Å². The first-order valence-corrected chi connectivity index (χ1v) is 6.49. The number of hydrogen-bond acceptors (Lipinski definition) is 4. The molecule has 0 fully saturated rings. The van der Waals surface area contributed by atoms with Crippen LogP contribution < -0.4 is 10.6 Å². The molecule has 0 spiro atoms. The fourth-order valence-corrected chi connectivity index (χ4v) is 1.75. The number of carbonyl (C=O) groups is 1. The Balaban J connectivity index is 1.84. The number of nitrogens with zero attached hydrogens (tertiary/aromatic N) is 1. The van der Waals surface area contributed by atoms with E-state index in [2.05, 4.69) is 15.8 Å². The Hall–Kier alpha value is -2.51. The average Bonchev–Trinajstić information content (AvgIpc) is 2.84. The maximum atomic E-state index is 12.6. The fraction of sp³-hybridized carbons (Fsp3) is 0.286. The number of benzene rings is 1. The van der Waals surface area contributed by atoms with Gasteiger partial charge in [0.2, 0.25) is 5.91 Å². The minimum Gasteiger partial charge on any atom is -0.367 e.